The van der Waals surface area contributed by atoms with Crippen LogP contribution in [0.3, 0.4) is 0 Å². The van der Waals surface area contributed by atoms with E-state index in [0.29, 0.717) is 6.04 Å². The lowest BCUT2D eigenvalue weighted by atomic mass is 10.0. The van der Waals surface area contributed by atoms with Gasteiger partial charge in [0, 0.05) is 31.2 Å². The lowest BCUT2D eigenvalue weighted by molar-refractivity contribution is 0.0620. The number of benzene rings is 2. The summed E-state index contributed by atoms with van der Waals surface area (Å²) in [5, 5.41) is 2.36. The zero-order chi connectivity index (χ0) is 22.0. The Bertz CT molecular complexity index is 1050. The standard InChI is InChI=1S/C26H34N4O/c1-5-28(6-2)21-15-17-29(18-16-21)26(31)24-19(4)27-25(30(24)7-3)23-14-10-12-20-11-8-9-13-22(20)23/h8-14,21H,5-7,15-18H2,1-4H3. The van der Waals surface area contributed by atoms with Crippen molar-refractivity contribution in [2.75, 3.05) is 26.2 Å². The van der Waals surface area contributed by atoms with Crippen LogP contribution in [0.5, 0.6) is 0 Å². The molecule has 1 saturated heterocycles. The summed E-state index contributed by atoms with van der Waals surface area (Å²) in [4.78, 5) is 23.0. The van der Waals surface area contributed by atoms with Gasteiger partial charge in [-0.3, -0.25) is 4.79 Å². The third-order valence-electron chi connectivity index (χ3n) is 6.77. The van der Waals surface area contributed by atoms with Crippen LogP contribution in [0.15, 0.2) is 42.5 Å². The van der Waals surface area contributed by atoms with Crippen molar-refractivity contribution in [3.63, 3.8) is 0 Å². The molecule has 5 heteroatoms. The first-order valence-electron chi connectivity index (χ1n) is 11.7. The Labute approximate surface area is 185 Å². The molecule has 3 aromatic rings. The van der Waals surface area contributed by atoms with Crippen molar-refractivity contribution >= 4 is 16.7 Å². The predicted molar refractivity (Wildman–Crippen MR) is 127 cm³/mol. The van der Waals surface area contributed by atoms with Gasteiger partial charge in [-0.1, -0.05) is 56.3 Å². The van der Waals surface area contributed by atoms with Crippen LogP contribution in [0.25, 0.3) is 22.2 Å². The molecule has 0 saturated carbocycles. The summed E-state index contributed by atoms with van der Waals surface area (Å²) < 4.78 is 2.11. The van der Waals surface area contributed by atoms with Crippen molar-refractivity contribution in [1.82, 2.24) is 19.4 Å². The summed E-state index contributed by atoms with van der Waals surface area (Å²) in [5.74, 6) is 1.01. The number of amides is 1. The summed E-state index contributed by atoms with van der Waals surface area (Å²) in [5.41, 5.74) is 2.65. The number of likely N-dealkylation sites (tertiary alicyclic amines) is 1. The molecular formula is C26H34N4O. The average Bonchev–Trinajstić information content (AvgIpc) is 3.15. The number of aromatic nitrogens is 2. The van der Waals surface area contributed by atoms with Crippen molar-refractivity contribution in [1.29, 1.82) is 0 Å². The highest BCUT2D eigenvalue weighted by atomic mass is 16.2. The van der Waals surface area contributed by atoms with E-state index in [1.165, 1.54) is 10.8 Å². The highest BCUT2D eigenvalue weighted by Crippen LogP contribution is 2.30. The molecular weight excluding hydrogens is 384 g/mol. The fraction of sp³-hybridized carbons (Fsp3) is 0.462. The number of imidazole rings is 1. The van der Waals surface area contributed by atoms with E-state index in [1.807, 2.05) is 11.8 Å². The quantitative estimate of drug-likeness (QED) is 0.567. The van der Waals surface area contributed by atoms with Gasteiger partial charge in [-0.25, -0.2) is 4.98 Å². The van der Waals surface area contributed by atoms with Crippen LogP contribution in [-0.4, -0.2) is 57.5 Å². The van der Waals surface area contributed by atoms with Crippen LogP contribution in [0.2, 0.25) is 0 Å². The molecule has 1 aliphatic heterocycles. The predicted octanol–water partition coefficient (Wildman–Crippen LogP) is 4.98. The van der Waals surface area contributed by atoms with Crippen molar-refractivity contribution in [2.24, 2.45) is 0 Å². The highest BCUT2D eigenvalue weighted by molar-refractivity contribution is 5.98. The second-order valence-electron chi connectivity index (χ2n) is 8.38. The average molecular weight is 419 g/mol. The van der Waals surface area contributed by atoms with E-state index in [1.54, 1.807) is 0 Å². The van der Waals surface area contributed by atoms with E-state index in [9.17, 15) is 4.79 Å². The first-order chi connectivity index (χ1) is 15.1. The van der Waals surface area contributed by atoms with Gasteiger partial charge >= 0.3 is 0 Å². The van der Waals surface area contributed by atoms with Crippen LogP contribution >= 0.6 is 0 Å². The maximum Gasteiger partial charge on any atom is 0.272 e. The fourth-order valence-corrected chi connectivity index (χ4v) is 5.10. The molecule has 4 rings (SSSR count). The molecule has 1 aliphatic rings. The van der Waals surface area contributed by atoms with Crippen LogP contribution < -0.4 is 0 Å². The number of fused-ring (bicyclic) bond motifs is 1. The van der Waals surface area contributed by atoms with Gasteiger partial charge in [-0.2, -0.15) is 0 Å². The summed E-state index contributed by atoms with van der Waals surface area (Å²) in [6.07, 6.45) is 2.09. The Hall–Kier alpha value is -2.66. The third kappa shape index (κ3) is 3.99. The Balaban J connectivity index is 1.65. The van der Waals surface area contributed by atoms with Gasteiger partial charge < -0.3 is 14.4 Å². The van der Waals surface area contributed by atoms with Gasteiger partial charge in [-0.15, -0.1) is 0 Å². The van der Waals surface area contributed by atoms with E-state index in [-0.39, 0.29) is 5.91 Å². The lowest BCUT2D eigenvalue weighted by Crippen LogP contribution is -2.47. The van der Waals surface area contributed by atoms with Gasteiger partial charge in [0.15, 0.2) is 0 Å². The van der Waals surface area contributed by atoms with Crippen LogP contribution in [0, 0.1) is 6.92 Å². The van der Waals surface area contributed by atoms with E-state index in [4.69, 9.17) is 4.98 Å². The number of carbonyl (C=O) groups is 1. The number of hydrogen-bond donors (Lipinski definition) is 0. The highest BCUT2D eigenvalue weighted by Gasteiger charge is 2.30. The number of piperidine rings is 1. The second kappa shape index (κ2) is 9.23. The first kappa shape index (κ1) is 21.6. The fourth-order valence-electron chi connectivity index (χ4n) is 5.10. The maximum atomic E-state index is 13.6. The molecule has 0 radical (unpaired) electrons. The minimum absolute atomic E-state index is 0.122. The van der Waals surface area contributed by atoms with Crippen molar-refractivity contribution in [2.45, 2.75) is 53.1 Å². The van der Waals surface area contributed by atoms with Gasteiger partial charge in [0.2, 0.25) is 0 Å². The van der Waals surface area contributed by atoms with Gasteiger partial charge in [0.25, 0.3) is 5.91 Å². The molecule has 164 valence electrons. The number of carbonyl (C=O) groups excluding carboxylic acids is 1. The van der Waals surface area contributed by atoms with Crippen LogP contribution in [0.1, 0.15) is 49.8 Å². The molecule has 0 aliphatic carbocycles. The van der Waals surface area contributed by atoms with E-state index in [0.717, 1.165) is 68.3 Å². The Morgan fingerprint density at radius 1 is 1.03 bits per heavy atom. The minimum atomic E-state index is 0.122. The van der Waals surface area contributed by atoms with Gasteiger partial charge in [-0.05, 0) is 50.6 Å². The number of rotatable bonds is 6. The van der Waals surface area contributed by atoms with Crippen LogP contribution in [-0.2, 0) is 6.54 Å². The minimum Gasteiger partial charge on any atom is -0.337 e. The molecule has 1 amide bonds. The zero-order valence-corrected chi connectivity index (χ0v) is 19.3. The Kier molecular flexibility index (Phi) is 6.42. The molecule has 5 nitrogen and oxygen atoms in total. The molecule has 0 N–H and O–H groups in total. The summed E-state index contributed by atoms with van der Waals surface area (Å²) in [6.45, 7) is 13.0. The molecule has 0 atom stereocenters. The van der Waals surface area contributed by atoms with Gasteiger partial charge in [0.05, 0.1) is 5.69 Å². The monoisotopic (exact) mass is 418 g/mol. The van der Waals surface area contributed by atoms with E-state index in [2.05, 4.69) is 72.7 Å². The number of nitrogens with zero attached hydrogens (tertiary/aromatic N) is 4. The Morgan fingerprint density at radius 2 is 1.71 bits per heavy atom. The number of aryl methyl sites for hydroxylation is 1. The van der Waals surface area contributed by atoms with Crippen molar-refractivity contribution in [3.05, 3.63) is 53.9 Å². The first-order valence-corrected chi connectivity index (χ1v) is 11.7. The van der Waals surface area contributed by atoms with E-state index >= 15 is 0 Å². The maximum absolute atomic E-state index is 13.6. The van der Waals surface area contributed by atoms with Crippen molar-refractivity contribution in [3.8, 4) is 11.4 Å². The Morgan fingerprint density at radius 3 is 2.39 bits per heavy atom. The lowest BCUT2D eigenvalue weighted by Gasteiger charge is -2.37. The molecule has 0 unspecified atom stereocenters. The largest absolute Gasteiger partial charge is 0.337 e. The summed E-state index contributed by atoms with van der Waals surface area (Å²) in [7, 11) is 0. The molecule has 1 fully saturated rings. The zero-order valence-electron chi connectivity index (χ0n) is 19.3. The molecule has 0 bridgehead atoms. The second-order valence-corrected chi connectivity index (χ2v) is 8.38. The van der Waals surface area contributed by atoms with Crippen LogP contribution in [0.4, 0.5) is 0 Å². The van der Waals surface area contributed by atoms with Crippen molar-refractivity contribution < 1.29 is 4.79 Å². The number of hydrogen-bond acceptors (Lipinski definition) is 3. The normalized spacial score (nSPS) is 15.2. The molecule has 2 heterocycles. The topological polar surface area (TPSA) is 41.4 Å². The molecule has 2 aromatic carbocycles. The molecule has 31 heavy (non-hydrogen) atoms. The smallest absolute Gasteiger partial charge is 0.272 e. The molecule has 1 aromatic heterocycles. The SMILES string of the molecule is CCN(CC)C1CCN(C(=O)c2c(C)nc(-c3cccc4ccccc34)n2CC)CC1. The van der Waals surface area contributed by atoms with E-state index < -0.39 is 0 Å². The summed E-state index contributed by atoms with van der Waals surface area (Å²) >= 11 is 0. The van der Waals surface area contributed by atoms with Gasteiger partial charge in [0.1, 0.15) is 11.5 Å². The summed E-state index contributed by atoms with van der Waals surface area (Å²) in [6, 6.07) is 15.3. The molecule has 0 spiro atoms. The third-order valence-corrected chi connectivity index (χ3v) is 6.77.